The van der Waals surface area contributed by atoms with Gasteiger partial charge in [-0.3, -0.25) is 14.4 Å². The fourth-order valence-corrected chi connectivity index (χ4v) is 4.76. The number of piperidine rings is 1. The highest BCUT2D eigenvalue weighted by Gasteiger charge is 2.38. The second kappa shape index (κ2) is 9.15. The van der Waals surface area contributed by atoms with Gasteiger partial charge < -0.3 is 15.1 Å². The molecule has 3 amide bonds. The maximum Gasteiger partial charge on any atom is 0.228 e. The van der Waals surface area contributed by atoms with Crippen molar-refractivity contribution >= 4 is 29.1 Å². The highest BCUT2D eigenvalue weighted by atomic mass is 16.2. The second-order valence-corrected chi connectivity index (χ2v) is 9.21. The minimum atomic E-state index is -0.315. The largest absolute Gasteiger partial charge is 0.342 e. The van der Waals surface area contributed by atoms with Gasteiger partial charge in [-0.2, -0.15) is 0 Å². The number of nitrogens with one attached hydrogen (secondary N) is 1. The molecule has 0 saturated carbocycles. The van der Waals surface area contributed by atoms with Gasteiger partial charge in [0.2, 0.25) is 17.7 Å². The number of likely N-dealkylation sites (tertiary alicyclic amines) is 1. The minimum Gasteiger partial charge on any atom is -0.342 e. The molecule has 0 spiro atoms. The molecular formula is C26H31N3O3. The van der Waals surface area contributed by atoms with Gasteiger partial charge in [0.25, 0.3) is 0 Å². The summed E-state index contributed by atoms with van der Waals surface area (Å²) in [5.41, 5.74) is 5.04. The normalized spacial score (nSPS) is 19.3. The molecule has 1 unspecified atom stereocenters. The Kier molecular flexibility index (Phi) is 6.31. The molecule has 4 rings (SSSR count). The van der Waals surface area contributed by atoms with Crippen LogP contribution in [0, 0.1) is 32.6 Å². The predicted molar refractivity (Wildman–Crippen MR) is 125 cm³/mol. The molecule has 0 aliphatic carbocycles. The van der Waals surface area contributed by atoms with E-state index in [1.807, 2.05) is 62.1 Å². The summed E-state index contributed by atoms with van der Waals surface area (Å²) in [7, 11) is 0. The van der Waals surface area contributed by atoms with Gasteiger partial charge >= 0.3 is 0 Å². The van der Waals surface area contributed by atoms with Gasteiger partial charge in [-0.15, -0.1) is 0 Å². The maximum atomic E-state index is 13.1. The van der Waals surface area contributed by atoms with Gasteiger partial charge in [-0.1, -0.05) is 23.8 Å². The Bertz CT molecular complexity index is 1000. The number of anilines is 2. The third-order valence-electron chi connectivity index (χ3n) is 6.49. The summed E-state index contributed by atoms with van der Waals surface area (Å²) in [6.45, 7) is 7.57. The Morgan fingerprint density at radius 2 is 1.50 bits per heavy atom. The summed E-state index contributed by atoms with van der Waals surface area (Å²) in [6.07, 6.45) is 1.54. The van der Waals surface area contributed by atoms with Crippen molar-refractivity contribution in [2.45, 2.75) is 40.0 Å². The van der Waals surface area contributed by atoms with E-state index < -0.39 is 0 Å². The topological polar surface area (TPSA) is 69.7 Å². The fourth-order valence-electron chi connectivity index (χ4n) is 4.76. The zero-order valence-electron chi connectivity index (χ0n) is 19.1. The zero-order chi connectivity index (χ0) is 22.8. The number of aryl methyl sites for hydroxylation is 3. The van der Waals surface area contributed by atoms with Crippen molar-refractivity contribution < 1.29 is 14.4 Å². The van der Waals surface area contributed by atoms with Gasteiger partial charge in [-0.25, -0.2) is 0 Å². The first-order chi connectivity index (χ1) is 15.3. The number of nitrogens with zero attached hydrogens (tertiary/aromatic N) is 2. The summed E-state index contributed by atoms with van der Waals surface area (Å²) in [4.78, 5) is 41.9. The van der Waals surface area contributed by atoms with Crippen molar-refractivity contribution in [3.05, 3.63) is 59.2 Å². The summed E-state index contributed by atoms with van der Waals surface area (Å²) in [5, 5.41) is 3.03. The molecule has 0 radical (unpaired) electrons. The van der Waals surface area contributed by atoms with Crippen LogP contribution in [-0.4, -0.2) is 42.3 Å². The SMILES string of the molecule is Cc1ccc(N2CC(C(=O)N3CCC(C(=O)Nc4cc(C)cc(C)c4)CC3)CC2=O)cc1. The van der Waals surface area contributed by atoms with E-state index in [2.05, 4.69) is 11.4 Å². The molecule has 32 heavy (non-hydrogen) atoms. The first-order valence-electron chi connectivity index (χ1n) is 11.3. The molecule has 2 aliphatic rings. The monoisotopic (exact) mass is 433 g/mol. The summed E-state index contributed by atoms with van der Waals surface area (Å²) < 4.78 is 0. The van der Waals surface area contributed by atoms with E-state index in [4.69, 9.17) is 0 Å². The van der Waals surface area contributed by atoms with E-state index in [-0.39, 0.29) is 36.0 Å². The minimum absolute atomic E-state index is 0.00471. The lowest BCUT2D eigenvalue weighted by Gasteiger charge is -2.33. The van der Waals surface area contributed by atoms with E-state index >= 15 is 0 Å². The molecule has 2 aromatic carbocycles. The van der Waals surface area contributed by atoms with Crippen LogP contribution in [0.3, 0.4) is 0 Å². The van der Waals surface area contributed by atoms with Crippen molar-refractivity contribution in [2.24, 2.45) is 11.8 Å². The Hall–Kier alpha value is -3.15. The highest BCUT2D eigenvalue weighted by Crippen LogP contribution is 2.28. The molecule has 2 aliphatic heterocycles. The van der Waals surface area contributed by atoms with Crippen LogP contribution >= 0.6 is 0 Å². The van der Waals surface area contributed by atoms with Crippen LogP contribution in [0.25, 0.3) is 0 Å². The lowest BCUT2D eigenvalue weighted by Crippen LogP contribution is -2.44. The van der Waals surface area contributed by atoms with Crippen LogP contribution in [0.15, 0.2) is 42.5 Å². The number of hydrogen-bond donors (Lipinski definition) is 1. The van der Waals surface area contributed by atoms with Crippen LogP contribution in [0.4, 0.5) is 11.4 Å². The molecule has 1 atom stereocenters. The maximum absolute atomic E-state index is 13.1. The molecule has 6 nitrogen and oxygen atoms in total. The molecule has 2 saturated heterocycles. The summed E-state index contributed by atoms with van der Waals surface area (Å²) >= 11 is 0. The third-order valence-corrected chi connectivity index (χ3v) is 6.49. The molecular weight excluding hydrogens is 402 g/mol. The molecule has 6 heteroatoms. The molecule has 168 valence electrons. The van der Waals surface area contributed by atoms with Gasteiger partial charge in [-0.05, 0) is 69.0 Å². The smallest absolute Gasteiger partial charge is 0.228 e. The predicted octanol–water partition coefficient (Wildman–Crippen LogP) is 3.84. The van der Waals surface area contributed by atoms with E-state index in [9.17, 15) is 14.4 Å². The first-order valence-corrected chi connectivity index (χ1v) is 11.3. The second-order valence-electron chi connectivity index (χ2n) is 9.21. The van der Waals surface area contributed by atoms with Crippen molar-refractivity contribution in [3.8, 4) is 0 Å². The molecule has 2 fully saturated rings. The third kappa shape index (κ3) is 4.85. The van der Waals surface area contributed by atoms with E-state index in [1.54, 1.807) is 4.90 Å². The van der Waals surface area contributed by atoms with Crippen LogP contribution in [0.5, 0.6) is 0 Å². The molecule has 0 bridgehead atoms. The van der Waals surface area contributed by atoms with Crippen LogP contribution in [0.2, 0.25) is 0 Å². The average molecular weight is 434 g/mol. The number of hydrogen-bond acceptors (Lipinski definition) is 3. The van der Waals surface area contributed by atoms with Crippen molar-refractivity contribution in [1.82, 2.24) is 4.90 Å². The number of amides is 3. The number of carbonyl (C=O) groups excluding carboxylic acids is 3. The van der Waals surface area contributed by atoms with Crippen molar-refractivity contribution in [1.29, 1.82) is 0 Å². The summed E-state index contributed by atoms with van der Waals surface area (Å²) in [5.74, 6) is -0.377. The van der Waals surface area contributed by atoms with Crippen LogP contribution in [-0.2, 0) is 14.4 Å². The first kappa shape index (κ1) is 22.1. The lowest BCUT2D eigenvalue weighted by atomic mass is 9.94. The number of benzene rings is 2. The van der Waals surface area contributed by atoms with Crippen LogP contribution < -0.4 is 10.2 Å². The molecule has 1 N–H and O–H groups in total. The Balaban J connectivity index is 1.31. The van der Waals surface area contributed by atoms with Crippen molar-refractivity contribution in [3.63, 3.8) is 0 Å². The van der Waals surface area contributed by atoms with E-state index in [0.717, 1.165) is 28.1 Å². The molecule has 2 aromatic rings. The Labute approximate surface area is 189 Å². The number of rotatable bonds is 4. The average Bonchev–Trinajstić information content (AvgIpc) is 3.14. The molecule has 0 aromatic heterocycles. The lowest BCUT2D eigenvalue weighted by molar-refractivity contribution is -0.138. The Morgan fingerprint density at radius 3 is 2.12 bits per heavy atom. The van der Waals surface area contributed by atoms with Gasteiger partial charge in [0.05, 0.1) is 5.92 Å². The van der Waals surface area contributed by atoms with E-state index in [0.29, 0.717) is 32.5 Å². The number of carbonyl (C=O) groups is 3. The molecule has 2 heterocycles. The fraction of sp³-hybridized carbons (Fsp3) is 0.423. The van der Waals surface area contributed by atoms with E-state index in [1.165, 1.54) is 0 Å². The standard InChI is InChI=1S/C26H31N3O3/c1-17-4-6-23(7-5-17)29-16-21(15-24(29)30)26(32)28-10-8-20(9-11-28)25(31)27-22-13-18(2)12-19(3)14-22/h4-7,12-14,20-21H,8-11,15-16H2,1-3H3,(H,27,31). The summed E-state index contributed by atoms with van der Waals surface area (Å²) in [6, 6.07) is 13.8. The van der Waals surface area contributed by atoms with Gasteiger partial charge in [0.15, 0.2) is 0 Å². The highest BCUT2D eigenvalue weighted by molar-refractivity contribution is 6.00. The quantitative estimate of drug-likeness (QED) is 0.796. The zero-order valence-corrected chi connectivity index (χ0v) is 19.1. The van der Waals surface area contributed by atoms with Crippen molar-refractivity contribution in [2.75, 3.05) is 29.9 Å². The van der Waals surface area contributed by atoms with Gasteiger partial charge in [0.1, 0.15) is 0 Å². The van der Waals surface area contributed by atoms with Gasteiger partial charge in [0, 0.05) is 43.3 Å². The Morgan fingerprint density at radius 1 is 0.875 bits per heavy atom. The van der Waals surface area contributed by atoms with Crippen LogP contribution in [0.1, 0.15) is 36.0 Å².